The fourth-order valence-corrected chi connectivity index (χ4v) is 5.01. The molecular weight excluding hydrogens is 486 g/mol. The average molecular weight is 526 g/mol. The van der Waals surface area contributed by atoms with Gasteiger partial charge in [0.15, 0.2) is 0 Å². The molecule has 0 radical (unpaired) electrons. The van der Waals surface area contributed by atoms with Crippen LogP contribution in [-0.4, -0.2) is 50.3 Å². The molecule has 3 atom stereocenters. The van der Waals surface area contributed by atoms with Crippen molar-refractivity contribution in [3.8, 4) is 5.75 Å². The number of hydrogen-bond donors (Lipinski definition) is 0. The van der Waals surface area contributed by atoms with Crippen LogP contribution < -0.4 is 4.74 Å². The highest BCUT2D eigenvalue weighted by Crippen LogP contribution is 2.31. The predicted octanol–water partition coefficient (Wildman–Crippen LogP) is 6.58. The molecule has 37 heavy (non-hydrogen) atoms. The van der Waals surface area contributed by atoms with Crippen molar-refractivity contribution in [1.29, 1.82) is 0 Å². The van der Waals surface area contributed by atoms with Crippen molar-refractivity contribution in [2.45, 2.75) is 52.2 Å². The van der Waals surface area contributed by atoms with Gasteiger partial charge < -0.3 is 14.2 Å². The van der Waals surface area contributed by atoms with E-state index in [1.54, 1.807) is 7.11 Å². The fourth-order valence-electron chi connectivity index (χ4n) is 5.01. The van der Waals surface area contributed by atoms with Crippen LogP contribution in [-0.2, 0) is 20.7 Å². The van der Waals surface area contributed by atoms with Gasteiger partial charge in [0.25, 0.3) is 0 Å². The molecule has 3 aromatic rings. The summed E-state index contributed by atoms with van der Waals surface area (Å²) < 4.78 is 17.2. The molecular formula is C31H40ClNO4. The Hall–Kier alpha value is -2.60. The van der Waals surface area contributed by atoms with Crippen LogP contribution in [0.15, 0.2) is 60.7 Å². The highest BCUT2D eigenvalue weighted by Gasteiger charge is 2.30. The molecule has 5 nitrogen and oxygen atoms in total. The molecule has 0 aliphatic carbocycles. The van der Waals surface area contributed by atoms with Gasteiger partial charge in [0, 0.05) is 19.1 Å². The number of carbonyl (C=O) groups is 1. The molecule has 1 saturated heterocycles. The lowest BCUT2D eigenvalue weighted by atomic mass is 9.97. The standard InChI is InChI=1S/C31H39NO4.ClH/c1-21(2)18-24-6-8-25(9-7-24)22(3)31(33)36-17-15-32-14-16-35-30(23(32)4)28-11-10-27-20-29(34-5)13-12-26(27)19-28;/h6-13,19-23,30H,14-18H2,1-5H3;1H. The van der Waals surface area contributed by atoms with Crippen molar-refractivity contribution < 1.29 is 19.0 Å². The summed E-state index contributed by atoms with van der Waals surface area (Å²) >= 11 is 0. The molecule has 1 aliphatic heterocycles. The van der Waals surface area contributed by atoms with Crippen molar-refractivity contribution in [3.63, 3.8) is 0 Å². The van der Waals surface area contributed by atoms with E-state index in [1.165, 1.54) is 10.9 Å². The van der Waals surface area contributed by atoms with Crippen LogP contribution in [0.4, 0.5) is 0 Å². The third-order valence-electron chi connectivity index (χ3n) is 7.19. The molecule has 3 aromatic carbocycles. The maximum absolute atomic E-state index is 12.7. The number of benzene rings is 3. The number of esters is 1. The quantitative estimate of drug-likeness (QED) is 0.295. The lowest BCUT2D eigenvalue weighted by molar-refractivity contribution is -0.146. The summed E-state index contributed by atoms with van der Waals surface area (Å²) in [7, 11) is 1.69. The van der Waals surface area contributed by atoms with E-state index in [0.29, 0.717) is 25.7 Å². The second-order valence-corrected chi connectivity index (χ2v) is 10.3. The molecule has 1 heterocycles. The van der Waals surface area contributed by atoms with Gasteiger partial charge in [-0.25, -0.2) is 0 Å². The molecule has 1 aliphatic rings. The second kappa shape index (κ2) is 13.3. The number of morpholine rings is 1. The number of carbonyl (C=O) groups excluding carboxylic acids is 1. The van der Waals surface area contributed by atoms with E-state index in [9.17, 15) is 4.79 Å². The zero-order valence-electron chi connectivity index (χ0n) is 22.6. The van der Waals surface area contributed by atoms with Crippen molar-refractivity contribution >= 4 is 29.1 Å². The first kappa shape index (κ1) is 29.0. The van der Waals surface area contributed by atoms with Crippen LogP contribution in [0.1, 0.15) is 56.4 Å². The van der Waals surface area contributed by atoms with Crippen LogP contribution in [0.25, 0.3) is 10.8 Å². The Kier molecular flexibility index (Phi) is 10.4. The number of halogens is 1. The van der Waals surface area contributed by atoms with Crippen LogP contribution in [0.3, 0.4) is 0 Å². The SMILES string of the molecule is COc1ccc2cc(C3OCCN(CCOC(=O)C(C)c4ccc(CC(C)C)cc4)C3C)ccc2c1.Cl. The van der Waals surface area contributed by atoms with Gasteiger partial charge in [-0.2, -0.15) is 0 Å². The van der Waals surface area contributed by atoms with E-state index in [1.807, 2.05) is 19.1 Å². The molecule has 0 aromatic heterocycles. The van der Waals surface area contributed by atoms with Gasteiger partial charge >= 0.3 is 5.97 Å². The Morgan fingerprint density at radius 3 is 2.43 bits per heavy atom. The fraction of sp³-hybridized carbons (Fsp3) is 0.452. The minimum absolute atomic E-state index is 0. The van der Waals surface area contributed by atoms with Gasteiger partial charge in [0.2, 0.25) is 0 Å². The maximum atomic E-state index is 12.7. The van der Waals surface area contributed by atoms with E-state index >= 15 is 0 Å². The zero-order valence-corrected chi connectivity index (χ0v) is 23.4. The average Bonchev–Trinajstić information content (AvgIpc) is 2.88. The number of rotatable bonds is 9. The lowest BCUT2D eigenvalue weighted by Gasteiger charge is -2.39. The lowest BCUT2D eigenvalue weighted by Crippen LogP contribution is -2.47. The van der Waals surface area contributed by atoms with Crippen molar-refractivity contribution in [2.75, 3.05) is 33.4 Å². The molecule has 0 bridgehead atoms. The topological polar surface area (TPSA) is 48.0 Å². The van der Waals surface area contributed by atoms with Gasteiger partial charge in [0.05, 0.1) is 25.7 Å². The van der Waals surface area contributed by atoms with Crippen molar-refractivity contribution in [3.05, 3.63) is 77.4 Å². The monoisotopic (exact) mass is 525 g/mol. The van der Waals surface area contributed by atoms with Crippen molar-refractivity contribution in [2.24, 2.45) is 5.92 Å². The second-order valence-electron chi connectivity index (χ2n) is 10.3. The summed E-state index contributed by atoms with van der Waals surface area (Å²) in [5.74, 6) is 1.03. The summed E-state index contributed by atoms with van der Waals surface area (Å²) in [5, 5.41) is 2.32. The molecule has 0 saturated carbocycles. The van der Waals surface area contributed by atoms with Gasteiger partial charge in [-0.3, -0.25) is 9.69 Å². The Balaban J connectivity index is 0.00000380. The molecule has 4 rings (SSSR count). The van der Waals surface area contributed by atoms with E-state index in [2.05, 4.69) is 74.2 Å². The van der Waals surface area contributed by atoms with Gasteiger partial charge in [-0.15, -0.1) is 12.4 Å². The summed E-state index contributed by atoms with van der Waals surface area (Å²) in [6.45, 7) is 11.1. The Labute approximate surface area is 227 Å². The van der Waals surface area contributed by atoms with Crippen LogP contribution in [0, 0.1) is 5.92 Å². The Morgan fingerprint density at radius 2 is 1.73 bits per heavy atom. The normalized spacial score (nSPS) is 18.9. The Bertz CT molecular complexity index is 1160. The molecule has 200 valence electrons. The number of ether oxygens (including phenoxy) is 3. The maximum Gasteiger partial charge on any atom is 0.313 e. The third-order valence-corrected chi connectivity index (χ3v) is 7.19. The summed E-state index contributed by atoms with van der Waals surface area (Å²) in [6.07, 6.45) is 1.02. The van der Waals surface area contributed by atoms with Crippen LogP contribution >= 0.6 is 12.4 Å². The van der Waals surface area contributed by atoms with E-state index in [0.717, 1.165) is 35.2 Å². The number of nitrogens with zero attached hydrogens (tertiary/aromatic N) is 1. The predicted molar refractivity (Wildman–Crippen MR) is 152 cm³/mol. The number of methoxy groups -OCH3 is 1. The highest BCUT2D eigenvalue weighted by molar-refractivity contribution is 5.85. The first-order valence-electron chi connectivity index (χ1n) is 13.0. The minimum Gasteiger partial charge on any atom is -0.497 e. The number of fused-ring (bicyclic) bond motifs is 1. The molecule has 1 fully saturated rings. The summed E-state index contributed by atoms with van der Waals surface area (Å²) in [6, 6.07) is 21.1. The summed E-state index contributed by atoms with van der Waals surface area (Å²) in [5.41, 5.74) is 3.47. The molecule has 0 amide bonds. The summed E-state index contributed by atoms with van der Waals surface area (Å²) in [4.78, 5) is 15.1. The largest absolute Gasteiger partial charge is 0.497 e. The number of hydrogen-bond acceptors (Lipinski definition) is 5. The van der Waals surface area contributed by atoms with Gasteiger partial charge in [-0.05, 0) is 71.8 Å². The Morgan fingerprint density at radius 1 is 1.03 bits per heavy atom. The first-order chi connectivity index (χ1) is 17.4. The van der Waals surface area contributed by atoms with E-state index in [4.69, 9.17) is 14.2 Å². The third kappa shape index (κ3) is 7.25. The molecule has 6 heteroatoms. The van der Waals surface area contributed by atoms with E-state index < -0.39 is 0 Å². The minimum atomic E-state index is -0.274. The van der Waals surface area contributed by atoms with E-state index in [-0.39, 0.29) is 36.4 Å². The van der Waals surface area contributed by atoms with Gasteiger partial charge in [0.1, 0.15) is 12.4 Å². The van der Waals surface area contributed by atoms with Crippen LogP contribution in [0.2, 0.25) is 0 Å². The molecule has 3 unspecified atom stereocenters. The zero-order chi connectivity index (χ0) is 25.7. The highest BCUT2D eigenvalue weighted by atomic mass is 35.5. The van der Waals surface area contributed by atoms with Crippen molar-refractivity contribution in [1.82, 2.24) is 4.90 Å². The van der Waals surface area contributed by atoms with Gasteiger partial charge in [-0.1, -0.05) is 56.3 Å². The molecule has 0 N–H and O–H groups in total. The molecule has 0 spiro atoms. The first-order valence-corrected chi connectivity index (χ1v) is 13.0. The van der Waals surface area contributed by atoms with Crippen LogP contribution in [0.5, 0.6) is 5.75 Å². The smallest absolute Gasteiger partial charge is 0.313 e.